The van der Waals surface area contributed by atoms with E-state index in [2.05, 4.69) is 15.3 Å². The van der Waals surface area contributed by atoms with Gasteiger partial charge in [0.1, 0.15) is 5.65 Å². The number of carbonyl (C=O) groups excluding carboxylic acids is 1. The zero-order valence-electron chi connectivity index (χ0n) is 30.3. The number of aliphatic carboxylic acids is 1. The number of halogens is 1. The molecule has 1 amide bonds. The SMILES string of the molecule is Cc1nc2c(cc(CN3CCC[C@H]3C(=O)Nc3ccc4c(cnn4C)c3)n2C)c(-c2cc(F)c3c(c2C)CCCO3)c1[C@H](OC(C)(C)C)C(=O)O. The highest BCUT2D eigenvalue weighted by atomic mass is 19.1. The van der Waals surface area contributed by atoms with E-state index in [1.54, 1.807) is 17.8 Å². The fourth-order valence-corrected chi connectivity index (χ4v) is 7.76. The molecule has 0 bridgehead atoms. The number of aromatic nitrogens is 4. The Kier molecular flexibility index (Phi) is 8.87. The summed E-state index contributed by atoms with van der Waals surface area (Å²) in [5.41, 5.74) is 6.14. The lowest BCUT2D eigenvalue weighted by atomic mass is 9.86. The number of pyridine rings is 1. The van der Waals surface area contributed by atoms with Gasteiger partial charge in [-0.3, -0.25) is 14.4 Å². The maximum Gasteiger partial charge on any atom is 0.337 e. The Balaban J connectivity index is 1.31. The molecule has 0 spiro atoms. The molecule has 0 aliphatic carbocycles. The van der Waals surface area contributed by atoms with Crippen LogP contribution >= 0.6 is 0 Å². The lowest BCUT2D eigenvalue weighted by molar-refractivity contribution is -0.160. The number of likely N-dealkylation sites (tertiary alicyclic amines) is 1. The number of hydrogen-bond donors (Lipinski definition) is 2. The first-order chi connectivity index (χ1) is 24.2. The number of carboxylic acid groups (broad SMARTS) is 1. The minimum Gasteiger partial charge on any atom is -0.490 e. The zero-order valence-corrected chi connectivity index (χ0v) is 30.3. The largest absolute Gasteiger partial charge is 0.490 e. The van der Waals surface area contributed by atoms with Gasteiger partial charge in [0, 0.05) is 65.2 Å². The molecule has 0 saturated carbocycles. The lowest BCUT2D eigenvalue weighted by Gasteiger charge is -2.29. The van der Waals surface area contributed by atoms with Gasteiger partial charge in [0.2, 0.25) is 5.91 Å². The molecule has 5 aromatic rings. The maximum atomic E-state index is 15.8. The van der Waals surface area contributed by atoms with Crippen LogP contribution in [0.25, 0.3) is 33.1 Å². The topological polar surface area (TPSA) is 124 Å². The highest BCUT2D eigenvalue weighted by Crippen LogP contribution is 2.45. The van der Waals surface area contributed by atoms with E-state index in [0.717, 1.165) is 59.2 Å². The van der Waals surface area contributed by atoms with Crippen molar-refractivity contribution in [1.29, 1.82) is 0 Å². The smallest absolute Gasteiger partial charge is 0.337 e. The summed E-state index contributed by atoms with van der Waals surface area (Å²) in [6.07, 6.45) is 3.44. The maximum absolute atomic E-state index is 15.8. The molecule has 51 heavy (non-hydrogen) atoms. The molecule has 0 unspecified atom stereocenters. The fourth-order valence-electron chi connectivity index (χ4n) is 7.76. The fraction of sp³-hybridized carbons (Fsp3) is 0.436. The number of benzene rings is 2. The van der Waals surface area contributed by atoms with Crippen molar-refractivity contribution in [2.75, 3.05) is 18.5 Å². The van der Waals surface area contributed by atoms with E-state index in [1.165, 1.54) is 6.07 Å². The molecule has 11 nitrogen and oxygen atoms in total. The number of rotatable bonds is 8. The van der Waals surface area contributed by atoms with Gasteiger partial charge < -0.3 is 24.5 Å². The number of carboxylic acids is 1. The quantitative estimate of drug-likeness (QED) is 0.183. The van der Waals surface area contributed by atoms with E-state index in [4.69, 9.17) is 14.5 Å². The number of nitrogens with zero attached hydrogens (tertiary/aromatic N) is 5. The van der Waals surface area contributed by atoms with Gasteiger partial charge in [-0.05, 0) is 108 Å². The average molecular weight is 697 g/mol. The molecule has 2 aliphatic rings. The Hall–Kier alpha value is -4.81. The first kappa shape index (κ1) is 34.6. The first-order valence-electron chi connectivity index (χ1n) is 17.5. The van der Waals surface area contributed by atoms with Gasteiger partial charge in [0.25, 0.3) is 0 Å². The predicted molar refractivity (Wildman–Crippen MR) is 193 cm³/mol. The van der Waals surface area contributed by atoms with E-state index in [1.807, 2.05) is 70.6 Å². The van der Waals surface area contributed by atoms with Crippen LogP contribution in [-0.2, 0) is 41.4 Å². The van der Waals surface area contributed by atoms with Crippen molar-refractivity contribution < 1.29 is 28.6 Å². The molecule has 3 aromatic heterocycles. The standard InChI is InChI=1S/C39H45FN6O5/c1-21-26-10-9-15-50-34(26)29(40)18-27(21)33-28-17-25(44(6)36(28)42-22(2)32(33)35(38(48)49)51-39(3,4)5)20-46-14-8-11-31(46)37(47)43-24-12-13-30-23(16-24)19-41-45(30)7/h12-13,16-19,31,35H,8-11,14-15,20H2,1-7H3,(H,43,47)(H,48,49)/t31-,35-/m0/s1. The lowest BCUT2D eigenvalue weighted by Crippen LogP contribution is -2.39. The summed E-state index contributed by atoms with van der Waals surface area (Å²) in [6.45, 7) is 10.8. The molecule has 2 N–H and O–H groups in total. The number of amides is 1. The van der Waals surface area contributed by atoms with Gasteiger partial charge in [0.05, 0.1) is 30.0 Å². The second kappa shape index (κ2) is 13.1. The monoisotopic (exact) mass is 696 g/mol. The third-order valence-electron chi connectivity index (χ3n) is 10.2. The van der Waals surface area contributed by atoms with Gasteiger partial charge in [-0.25, -0.2) is 14.2 Å². The van der Waals surface area contributed by atoms with E-state index < -0.39 is 23.5 Å². The van der Waals surface area contributed by atoms with E-state index in [-0.39, 0.29) is 17.7 Å². The number of hydrogen-bond acceptors (Lipinski definition) is 7. The summed E-state index contributed by atoms with van der Waals surface area (Å²) in [7, 11) is 3.81. The zero-order chi connectivity index (χ0) is 36.4. The second-order valence-electron chi connectivity index (χ2n) is 14.8. The molecule has 12 heteroatoms. The predicted octanol–water partition coefficient (Wildman–Crippen LogP) is 6.75. The van der Waals surface area contributed by atoms with Crippen molar-refractivity contribution in [3.05, 3.63) is 70.4 Å². The van der Waals surface area contributed by atoms with Crippen LogP contribution in [0.5, 0.6) is 5.75 Å². The Bertz CT molecular complexity index is 2200. The van der Waals surface area contributed by atoms with Crippen LogP contribution in [-0.4, -0.2) is 66.0 Å². The Morgan fingerprint density at radius 1 is 1.16 bits per heavy atom. The highest BCUT2D eigenvalue weighted by Gasteiger charge is 2.36. The van der Waals surface area contributed by atoms with Gasteiger partial charge in [-0.1, -0.05) is 0 Å². The summed E-state index contributed by atoms with van der Waals surface area (Å²) in [5, 5.41) is 19.6. The van der Waals surface area contributed by atoms with Crippen LogP contribution in [0.3, 0.4) is 0 Å². The second-order valence-corrected chi connectivity index (χ2v) is 14.8. The van der Waals surface area contributed by atoms with Gasteiger partial charge in [0.15, 0.2) is 17.7 Å². The molecule has 1 fully saturated rings. The molecule has 2 aromatic carbocycles. The third kappa shape index (κ3) is 6.35. The molecule has 268 valence electrons. The number of anilines is 1. The van der Waals surface area contributed by atoms with Gasteiger partial charge in [-0.2, -0.15) is 5.10 Å². The van der Waals surface area contributed by atoms with Crippen molar-refractivity contribution in [2.45, 2.75) is 84.6 Å². The van der Waals surface area contributed by atoms with Crippen molar-refractivity contribution in [3.8, 4) is 16.9 Å². The third-order valence-corrected chi connectivity index (χ3v) is 10.2. The Morgan fingerprint density at radius 2 is 1.94 bits per heavy atom. The van der Waals surface area contributed by atoms with Crippen molar-refractivity contribution in [1.82, 2.24) is 24.2 Å². The van der Waals surface area contributed by atoms with Crippen LogP contribution in [0.4, 0.5) is 10.1 Å². The van der Waals surface area contributed by atoms with Crippen molar-refractivity contribution >= 4 is 39.5 Å². The number of nitrogens with one attached hydrogen (secondary N) is 1. The molecule has 0 radical (unpaired) electrons. The normalized spacial score (nSPS) is 17.1. The molecule has 2 aliphatic heterocycles. The highest BCUT2D eigenvalue weighted by molar-refractivity contribution is 6.00. The molecule has 2 atom stereocenters. The van der Waals surface area contributed by atoms with Gasteiger partial charge >= 0.3 is 5.97 Å². The molecule has 5 heterocycles. The van der Waals surface area contributed by atoms with Gasteiger partial charge in [-0.15, -0.1) is 0 Å². The molecule has 1 saturated heterocycles. The number of ether oxygens (including phenoxy) is 2. The van der Waals surface area contributed by atoms with Crippen molar-refractivity contribution in [3.63, 3.8) is 0 Å². The molecular formula is C39H45FN6O5. The summed E-state index contributed by atoms with van der Waals surface area (Å²) < 4.78 is 31.6. The van der Waals surface area contributed by atoms with E-state index >= 15 is 4.39 Å². The van der Waals surface area contributed by atoms with Crippen LogP contribution in [0.1, 0.15) is 74.2 Å². The van der Waals surface area contributed by atoms with Crippen LogP contribution < -0.4 is 10.1 Å². The van der Waals surface area contributed by atoms with Crippen molar-refractivity contribution in [2.24, 2.45) is 14.1 Å². The molecule has 7 rings (SSSR count). The Labute approximate surface area is 296 Å². The Morgan fingerprint density at radius 3 is 2.69 bits per heavy atom. The first-order valence-corrected chi connectivity index (χ1v) is 17.5. The summed E-state index contributed by atoms with van der Waals surface area (Å²) >= 11 is 0. The minimum absolute atomic E-state index is 0.0718. The number of aryl methyl sites for hydroxylation is 3. The summed E-state index contributed by atoms with van der Waals surface area (Å²) in [5.74, 6) is -1.44. The number of fused-ring (bicyclic) bond motifs is 3. The minimum atomic E-state index is -1.35. The van der Waals surface area contributed by atoms with Crippen LogP contribution in [0.2, 0.25) is 0 Å². The summed E-state index contributed by atoms with van der Waals surface area (Å²) in [6, 6.07) is 8.90. The number of carbonyl (C=O) groups is 2. The van der Waals surface area contributed by atoms with E-state index in [9.17, 15) is 14.7 Å². The average Bonchev–Trinajstić information content (AvgIpc) is 3.78. The van der Waals surface area contributed by atoms with E-state index in [0.29, 0.717) is 53.0 Å². The summed E-state index contributed by atoms with van der Waals surface area (Å²) in [4.78, 5) is 33.7. The van der Waals surface area contributed by atoms with Crippen LogP contribution in [0.15, 0.2) is 36.5 Å². The van der Waals surface area contributed by atoms with Crippen LogP contribution in [0, 0.1) is 19.7 Å². The molecular weight excluding hydrogens is 651 g/mol.